The third-order valence-electron chi connectivity index (χ3n) is 2.93. The minimum atomic E-state index is 0.643. The molecule has 0 bridgehead atoms. The fraction of sp³-hybridized carbons (Fsp3) is 0.231. The van der Waals surface area contributed by atoms with Gasteiger partial charge in [0.25, 0.3) is 0 Å². The summed E-state index contributed by atoms with van der Waals surface area (Å²) < 4.78 is 1.76. The van der Waals surface area contributed by atoms with Crippen LogP contribution in [0.15, 0.2) is 18.2 Å². The molecule has 0 N–H and O–H groups in total. The van der Waals surface area contributed by atoms with E-state index in [0.717, 1.165) is 28.9 Å². The van der Waals surface area contributed by atoms with Gasteiger partial charge in [0, 0.05) is 5.02 Å². The maximum absolute atomic E-state index is 11.0. The number of aryl methyl sites for hydroxylation is 1. The molecule has 0 fully saturated rings. The van der Waals surface area contributed by atoms with Crippen molar-refractivity contribution in [2.75, 3.05) is 0 Å². The second-order valence-electron chi connectivity index (χ2n) is 4.00. The molecule has 1 aromatic carbocycles. The molecule has 17 heavy (non-hydrogen) atoms. The van der Waals surface area contributed by atoms with E-state index in [9.17, 15) is 4.79 Å². The molecule has 88 valence electrons. The van der Waals surface area contributed by atoms with Crippen molar-refractivity contribution in [2.45, 2.75) is 20.8 Å². The summed E-state index contributed by atoms with van der Waals surface area (Å²) in [6.07, 6.45) is 0.841. The van der Waals surface area contributed by atoms with Gasteiger partial charge in [-0.15, -0.1) is 0 Å². The Balaban J connectivity index is 2.69. The van der Waals surface area contributed by atoms with Crippen LogP contribution in [0.2, 0.25) is 5.02 Å². The molecule has 0 saturated heterocycles. The lowest BCUT2D eigenvalue weighted by molar-refractivity contribution is 0.112. The van der Waals surface area contributed by atoms with Gasteiger partial charge in [0.2, 0.25) is 0 Å². The lowest BCUT2D eigenvalue weighted by Gasteiger charge is -2.09. The first-order valence-electron chi connectivity index (χ1n) is 5.33. The second kappa shape index (κ2) is 4.34. The summed E-state index contributed by atoms with van der Waals surface area (Å²) in [4.78, 5) is 11.0. The van der Waals surface area contributed by atoms with Gasteiger partial charge in [-0.2, -0.15) is 5.10 Å². The molecule has 0 aliphatic rings. The van der Waals surface area contributed by atoms with Crippen molar-refractivity contribution >= 4 is 17.9 Å². The summed E-state index contributed by atoms with van der Waals surface area (Å²) in [6, 6.07) is 5.66. The minimum Gasteiger partial charge on any atom is -0.298 e. The molecule has 0 amide bonds. The standard InChI is InChI=1S/C13H13ClN2O/c1-8-12(14)5-4-6-13(8)16-10(3)11(7-17)9(2)15-16/h4-7H,1-3H3. The number of benzene rings is 1. The van der Waals surface area contributed by atoms with E-state index in [1.54, 1.807) is 4.68 Å². The second-order valence-corrected chi connectivity index (χ2v) is 4.41. The van der Waals surface area contributed by atoms with Gasteiger partial charge in [0.1, 0.15) is 0 Å². The Morgan fingerprint density at radius 3 is 2.59 bits per heavy atom. The smallest absolute Gasteiger partial charge is 0.153 e. The van der Waals surface area contributed by atoms with Crippen LogP contribution in [0.25, 0.3) is 5.69 Å². The number of carbonyl (C=O) groups excluding carboxylic acids is 1. The van der Waals surface area contributed by atoms with Gasteiger partial charge < -0.3 is 0 Å². The zero-order valence-corrected chi connectivity index (χ0v) is 10.7. The van der Waals surface area contributed by atoms with Crippen LogP contribution >= 0.6 is 11.6 Å². The first-order chi connectivity index (χ1) is 8.06. The predicted octanol–water partition coefficient (Wildman–Crippen LogP) is 3.26. The van der Waals surface area contributed by atoms with Crippen LogP contribution in [0.4, 0.5) is 0 Å². The molecular weight excluding hydrogens is 236 g/mol. The number of hydrogen-bond acceptors (Lipinski definition) is 2. The quantitative estimate of drug-likeness (QED) is 0.765. The summed E-state index contributed by atoms with van der Waals surface area (Å²) in [5, 5.41) is 5.08. The van der Waals surface area contributed by atoms with Gasteiger partial charge in [-0.1, -0.05) is 17.7 Å². The first-order valence-corrected chi connectivity index (χ1v) is 5.71. The largest absolute Gasteiger partial charge is 0.298 e. The Morgan fingerprint density at radius 1 is 1.29 bits per heavy atom. The van der Waals surface area contributed by atoms with Crippen LogP contribution in [0.5, 0.6) is 0 Å². The highest BCUT2D eigenvalue weighted by Gasteiger charge is 2.13. The molecule has 3 nitrogen and oxygen atoms in total. The van der Waals surface area contributed by atoms with Crippen molar-refractivity contribution in [3.05, 3.63) is 45.7 Å². The van der Waals surface area contributed by atoms with Gasteiger partial charge >= 0.3 is 0 Å². The van der Waals surface area contributed by atoms with E-state index in [1.807, 2.05) is 39.0 Å². The monoisotopic (exact) mass is 248 g/mol. The van der Waals surface area contributed by atoms with Crippen molar-refractivity contribution in [1.82, 2.24) is 9.78 Å². The maximum atomic E-state index is 11.0. The Labute approximate surface area is 105 Å². The van der Waals surface area contributed by atoms with Crippen LogP contribution in [-0.4, -0.2) is 16.1 Å². The highest BCUT2D eigenvalue weighted by Crippen LogP contribution is 2.24. The van der Waals surface area contributed by atoms with Crippen LogP contribution in [0, 0.1) is 20.8 Å². The molecule has 1 aromatic heterocycles. The molecule has 0 aliphatic carbocycles. The fourth-order valence-electron chi connectivity index (χ4n) is 1.89. The highest BCUT2D eigenvalue weighted by molar-refractivity contribution is 6.31. The van der Waals surface area contributed by atoms with Gasteiger partial charge in [-0.3, -0.25) is 4.79 Å². The minimum absolute atomic E-state index is 0.643. The molecule has 0 spiro atoms. The summed E-state index contributed by atoms with van der Waals surface area (Å²) in [7, 11) is 0. The Kier molecular flexibility index (Phi) is 3.03. The van der Waals surface area contributed by atoms with E-state index in [2.05, 4.69) is 5.10 Å². The number of rotatable bonds is 2. The van der Waals surface area contributed by atoms with E-state index in [4.69, 9.17) is 11.6 Å². The van der Waals surface area contributed by atoms with Gasteiger partial charge in [-0.25, -0.2) is 4.68 Å². The molecule has 0 unspecified atom stereocenters. The molecule has 0 aliphatic heterocycles. The summed E-state index contributed by atoms with van der Waals surface area (Å²) >= 11 is 6.09. The third-order valence-corrected chi connectivity index (χ3v) is 3.34. The number of halogens is 1. The molecule has 0 atom stereocenters. The van der Waals surface area contributed by atoms with Crippen molar-refractivity contribution < 1.29 is 4.79 Å². The third kappa shape index (κ3) is 1.87. The van der Waals surface area contributed by atoms with Crippen LogP contribution in [0.1, 0.15) is 27.3 Å². The lowest BCUT2D eigenvalue weighted by Crippen LogP contribution is -2.02. The normalized spacial score (nSPS) is 10.6. The zero-order valence-electron chi connectivity index (χ0n) is 9.99. The fourth-order valence-corrected chi connectivity index (χ4v) is 2.05. The Bertz CT molecular complexity index is 587. The topological polar surface area (TPSA) is 34.9 Å². The van der Waals surface area contributed by atoms with Gasteiger partial charge in [0.15, 0.2) is 6.29 Å². The van der Waals surface area contributed by atoms with Crippen molar-refractivity contribution in [3.8, 4) is 5.69 Å². The number of aldehydes is 1. The molecule has 2 rings (SSSR count). The Hall–Kier alpha value is -1.61. The van der Waals surface area contributed by atoms with Gasteiger partial charge in [0.05, 0.1) is 22.6 Å². The molecule has 0 saturated carbocycles. The van der Waals surface area contributed by atoms with Crippen molar-refractivity contribution in [3.63, 3.8) is 0 Å². The van der Waals surface area contributed by atoms with Crippen LogP contribution in [-0.2, 0) is 0 Å². The average molecular weight is 249 g/mol. The number of nitrogens with zero attached hydrogens (tertiary/aromatic N) is 2. The van der Waals surface area contributed by atoms with E-state index < -0.39 is 0 Å². The van der Waals surface area contributed by atoms with Crippen molar-refractivity contribution in [2.24, 2.45) is 0 Å². The Morgan fingerprint density at radius 2 is 2.00 bits per heavy atom. The van der Waals surface area contributed by atoms with E-state index in [-0.39, 0.29) is 0 Å². The van der Waals surface area contributed by atoms with E-state index >= 15 is 0 Å². The number of aromatic nitrogens is 2. The first kappa shape index (κ1) is 11.9. The lowest BCUT2D eigenvalue weighted by atomic mass is 10.2. The molecule has 1 heterocycles. The van der Waals surface area contributed by atoms with Crippen LogP contribution < -0.4 is 0 Å². The van der Waals surface area contributed by atoms with Crippen molar-refractivity contribution in [1.29, 1.82) is 0 Å². The molecule has 2 aromatic rings. The summed E-state index contributed by atoms with van der Waals surface area (Å²) in [6.45, 7) is 5.64. The molecule has 0 radical (unpaired) electrons. The molecule has 4 heteroatoms. The van der Waals surface area contributed by atoms with Gasteiger partial charge in [-0.05, 0) is 38.5 Å². The SMILES string of the molecule is Cc1nn(-c2cccc(Cl)c2C)c(C)c1C=O. The predicted molar refractivity (Wildman–Crippen MR) is 68.2 cm³/mol. The number of carbonyl (C=O) groups is 1. The van der Waals surface area contributed by atoms with E-state index in [0.29, 0.717) is 10.6 Å². The zero-order chi connectivity index (χ0) is 12.6. The van der Waals surface area contributed by atoms with E-state index in [1.165, 1.54) is 0 Å². The summed E-state index contributed by atoms with van der Waals surface area (Å²) in [5.74, 6) is 0. The summed E-state index contributed by atoms with van der Waals surface area (Å²) in [5.41, 5.74) is 4.08. The molecular formula is C13H13ClN2O. The highest BCUT2D eigenvalue weighted by atomic mass is 35.5. The van der Waals surface area contributed by atoms with Crippen LogP contribution in [0.3, 0.4) is 0 Å². The number of hydrogen-bond donors (Lipinski definition) is 0. The maximum Gasteiger partial charge on any atom is 0.153 e. The average Bonchev–Trinajstić information content (AvgIpc) is 2.58.